The van der Waals surface area contributed by atoms with E-state index in [0.29, 0.717) is 18.5 Å². The fourth-order valence-corrected chi connectivity index (χ4v) is 2.84. The van der Waals surface area contributed by atoms with Gasteiger partial charge in [0.05, 0.1) is 0 Å². The molecule has 0 radical (unpaired) electrons. The van der Waals surface area contributed by atoms with Gasteiger partial charge in [-0.25, -0.2) is 0 Å². The van der Waals surface area contributed by atoms with Crippen molar-refractivity contribution in [3.8, 4) is 5.75 Å². The summed E-state index contributed by atoms with van der Waals surface area (Å²) in [4.78, 5) is 11.0. The summed E-state index contributed by atoms with van der Waals surface area (Å²) in [6.07, 6.45) is 4.76. The Kier molecular flexibility index (Phi) is 5.35. The van der Waals surface area contributed by atoms with Crippen molar-refractivity contribution in [3.63, 3.8) is 0 Å². The Bertz CT molecular complexity index is 775. The van der Waals surface area contributed by atoms with Crippen molar-refractivity contribution in [2.45, 2.75) is 32.1 Å². The molecule has 0 aromatic heterocycles. The predicted octanol–water partition coefficient (Wildman–Crippen LogP) is 5.57. The van der Waals surface area contributed by atoms with Crippen molar-refractivity contribution in [2.75, 3.05) is 0 Å². The second kappa shape index (κ2) is 7.26. The van der Waals surface area contributed by atoms with Crippen LogP contribution in [-0.2, 0) is 18.3 Å². The van der Waals surface area contributed by atoms with E-state index in [-0.39, 0.29) is 11.2 Å². The van der Waals surface area contributed by atoms with Gasteiger partial charge in [0, 0.05) is 5.41 Å². The Labute approximate surface area is 143 Å². The maximum Gasteiger partial charge on any atom is 0.119 e. The summed E-state index contributed by atoms with van der Waals surface area (Å²) in [5, 5.41) is 13.1. The van der Waals surface area contributed by atoms with Gasteiger partial charge in [-0.3, -0.25) is 0 Å². The highest BCUT2D eigenvalue weighted by atomic mass is 16.3. The van der Waals surface area contributed by atoms with E-state index >= 15 is 0 Å². The average molecular weight is 321 g/mol. The second-order valence-electron chi connectivity index (χ2n) is 6.39. The summed E-state index contributed by atoms with van der Waals surface area (Å²) in [6.45, 7) is 11.7. The number of nitrogens with zero attached hydrogens (tertiary/aromatic N) is 1. The van der Waals surface area contributed by atoms with E-state index < -0.39 is 0 Å². The average Bonchev–Trinajstić information content (AvgIpc) is 2.57. The first-order valence-electron chi connectivity index (χ1n) is 7.95. The Balaban J connectivity index is 2.51. The molecule has 0 unspecified atom stereocenters. The van der Waals surface area contributed by atoms with Crippen LogP contribution in [0.4, 0.5) is 5.69 Å². The maximum atomic E-state index is 11.0. The molecule has 3 nitrogen and oxygen atoms in total. The van der Waals surface area contributed by atoms with Crippen LogP contribution in [0.15, 0.2) is 66.9 Å². The fraction of sp³-hybridized carbons (Fsp3) is 0.238. The third-order valence-electron chi connectivity index (χ3n) is 4.43. The zero-order chi connectivity index (χ0) is 17.7. The highest BCUT2D eigenvalue weighted by Gasteiger charge is 2.25. The van der Waals surface area contributed by atoms with Gasteiger partial charge in [0.15, 0.2) is 0 Å². The topological polar surface area (TPSA) is 49.7 Å². The zero-order valence-electron chi connectivity index (χ0n) is 14.2. The maximum absolute atomic E-state index is 11.0. The van der Waals surface area contributed by atoms with Gasteiger partial charge >= 0.3 is 0 Å². The molecule has 0 saturated carbocycles. The minimum Gasteiger partial charge on any atom is -0.508 e. The summed E-state index contributed by atoms with van der Waals surface area (Å²) in [5.41, 5.74) is 4.08. The molecule has 0 bridgehead atoms. The van der Waals surface area contributed by atoms with Gasteiger partial charge in [-0.05, 0) is 52.4 Å². The molecule has 0 aliphatic rings. The van der Waals surface area contributed by atoms with E-state index in [9.17, 15) is 10.0 Å². The predicted molar refractivity (Wildman–Crippen MR) is 99.9 cm³/mol. The van der Waals surface area contributed by atoms with Gasteiger partial charge < -0.3 is 5.11 Å². The van der Waals surface area contributed by atoms with E-state index in [1.165, 1.54) is 0 Å². The van der Waals surface area contributed by atoms with Gasteiger partial charge in [0.25, 0.3) is 0 Å². The molecule has 0 saturated heterocycles. The normalized spacial score (nSPS) is 11.1. The molecular formula is C21H23NO2. The third kappa shape index (κ3) is 3.46. The van der Waals surface area contributed by atoms with Crippen LogP contribution >= 0.6 is 0 Å². The standard InChI is InChI=1S/C21H23NO2/c1-5-7-15-13-17(9-11-19(15)22-24)21(3,4)18-10-12-20(23)16(14-18)8-6-2/h5-6,9-14,23H,1-2,7-8H2,3-4H3. The van der Waals surface area contributed by atoms with Crippen molar-refractivity contribution < 1.29 is 5.11 Å². The number of hydrogen-bond donors (Lipinski definition) is 1. The number of phenolic OH excluding ortho intramolecular Hbond substituents is 1. The van der Waals surface area contributed by atoms with Crippen molar-refractivity contribution in [1.29, 1.82) is 0 Å². The molecule has 2 rings (SSSR count). The van der Waals surface area contributed by atoms with E-state index in [2.05, 4.69) is 32.2 Å². The summed E-state index contributed by atoms with van der Waals surface area (Å²) in [7, 11) is 0. The van der Waals surface area contributed by atoms with Gasteiger partial charge in [-0.15, -0.1) is 18.1 Å². The third-order valence-corrected chi connectivity index (χ3v) is 4.43. The van der Waals surface area contributed by atoms with E-state index in [0.717, 1.165) is 22.3 Å². The number of hydrogen-bond acceptors (Lipinski definition) is 3. The van der Waals surface area contributed by atoms with E-state index in [1.54, 1.807) is 24.3 Å². The fourth-order valence-electron chi connectivity index (χ4n) is 2.84. The number of phenols is 1. The van der Waals surface area contributed by atoms with Gasteiger partial charge in [0.1, 0.15) is 11.4 Å². The van der Waals surface area contributed by atoms with Crippen molar-refractivity contribution >= 4 is 5.69 Å². The molecule has 1 N–H and O–H groups in total. The monoisotopic (exact) mass is 321 g/mol. The van der Waals surface area contributed by atoms with Crippen LogP contribution in [0, 0.1) is 4.91 Å². The highest BCUT2D eigenvalue weighted by Crippen LogP contribution is 2.36. The van der Waals surface area contributed by atoms with Crippen LogP contribution in [0.5, 0.6) is 5.75 Å². The smallest absolute Gasteiger partial charge is 0.119 e. The largest absolute Gasteiger partial charge is 0.508 e. The van der Waals surface area contributed by atoms with Crippen LogP contribution in [-0.4, -0.2) is 5.11 Å². The molecule has 0 amide bonds. The van der Waals surface area contributed by atoms with E-state index in [1.807, 2.05) is 24.3 Å². The van der Waals surface area contributed by atoms with Gasteiger partial charge in [-0.2, -0.15) is 0 Å². The molecule has 124 valence electrons. The lowest BCUT2D eigenvalue weighted by atomic mass is 9.76. The molecule has 0 spiro atoms. The van der Waals surface area contributed by atoms with E-state index in [4.69, 9.17) is 0 Å². The van der Waals surface area contributed by atoms with Crippen LogP contribution < -0.4 is 0 Å². The first kappa shape index (κ1) is 17.7. The quantitative estimate of drug-likeness (QED) is 0.535. The lowest BCUT2D eigenvalue weighted by Crippen LogP contribution is -2.19. The second-order valence-corrected chi connectivity index (χ2v) is 6.39. The van der Waals surface area contributed by atoms with Crippen LogP contribution in [0.3, 0.4) is 0 Å². The lowest BCUT2D eigenvalue weighted by Gasteiger charge is -2.27. The molecule has 0 aliphatic carbocycles. The van der Waals surface area contributed by atoms with Gasteiger partial charge in [-0.1, -0.05) is 50.3 Å². The molecule has 2 aromatic carbocycles. The number of allylic oxidation sites excluding steroid dienone is 2. The molecule has 3 heteroatoms. The Hall–Kier alpha value is -2.68. The number of rotatable bonds is 7. The summed E-state index contributed by atoms with van der Waals surface area (Å²) < 4.78 is 0. The Morgan fingerprint density at radius 2 is 1.54 bits per heavy atom. The molecule has 2 aromatic rings. The first-order valence-corrected chi connectivity index (χ1v) is 7.95. The molecule has 0 heterocycles. The van der Waals surface area contributed by atoms with Crippen molar-refractivity contribution in [2.24, 2.45) is 5.18 Å². The number of benzene rings is 2. The Morgan fingerprint density at radius 1 is 1.00 bits per heavy atom. The molecular weight excluding hydrogens is 298 g/mol. The summed E-state index contributed by atoms with van der Waals surface area (Å²) >= 11 is 0. The number of nitroso groups, excluding NO2 is 1. The Morgan fingerprint density at radius 3 is 2.12 bits per heavy atom. The van der Waals surface area contributed by atoms with Crippen LogP contribution in [0.25, 0.3) is 0 Å². The minimum absolute atomic E-state index is 0.277. The molecule has 0 aliphatic heterocycles. The van der Waals surface area contributed by atoms with Crippen molar-refractivity contribution in [1.82, 2.24) is 0 Å². The molecule has 24 heavy (non-hydrogen) atoms. The number of aromatic hydroxyl groups is 1. The summed E-state index contributed by atoms with van der Waals surface area (Å²) in [6, 6.07) is 11.4. The highest BCUT2D eigenvalue weighted by molar-refractivity contribution is 5.52. The van der Waals surface area contributed by atoms with Crippen LogP contribution in [0.1, 0.15) is 36.1 Å². The molecule has 0 atom stereocenters. The summed E-state index contributed by atoms with van der Waals surface area (Å²) in [5.74, 6) is 0.280. The van der Waals surface area contributed by atoms with Crippen LogP contribution in [0.2, 0.25) is 0 Å². The molecule has 0 fully saturated rings. The minimum atomic E-state index is -0.277. The lowest BCUT2D eigenvalue weighted by molar-refractivity contribution is 0.468. The zero-order valence-corrected chi connectivity index (χ0v) is 14.2. The first-order chi connectivity index (χ1) is 11.4. The van der Waals surface area contributed by atoms with Crippen molar-refractivity contribution in [3.05, 3.63) is 88.9 Å². The SMILES string of the molecule is C=CCc1cc(C(C)(C)c2ccc(N=O)c(CC=C)c2)ccc1O. The van der Waals surface area contributed by atoms with Gasteiger partial charge in [0.2, 0.25) is 0 Å².